The van der Waals surface area contributed by atoms with E-state index in [9.17, 15) is 18.0 Å². The number of rotatable bonds is 1. The van der Waals surface area contributed by atoms with Crippen molar-refractivity contribution in [1.82, 2.24) is 4.90 Å². The van der Waals surface area contributed by atoms with Gasteiger partial charge in [-0.25, -0.2) is 4.79 Å². The summed E-state index contributed by atoms with van der Waals surface area (Å²) in [4.78, 5) is 16.8. The maximum atomic E-state index is 13.8. The molecule has 2 atom stereocenters. The summed E-state index contributed by atoms with van der Waals surface area (Å²) < 4.78 is 53.0. The molecule has 5 rings (SSSR count). The predicted octanol–water partition coefficient (Wildman–Crippen LogP) is 6.07. The monoisotopic (exact) mass is 474 g/mol. The molecule has 8 heteroatoms. The number of carbonyl (C=O) groups excluding carboxylic acids is 1. The van der Waals surface area contributed by atoms with Crippen molar-refractivity contribution < 1.29 is 27.4 Å². The first-order valence-corrected chi connectivity index (χ1v) is 11.7. The third kappa shape index (κ3) is 4.07. The molecule has 3 aliphatic rings. The standard InChI is InChI=1S/C26H29F3N2O3/c1-25(2,3)34-24(32)30-11-9-21-19(15-30)18-13-16(14-22-23(18)31(21)10-6-12-33-22)17-7-4-5-8-20(17)26(27,28)29/h4-5,7-8,13-14,19,21H,6,9-12,15H2,1-3H3/t19-,21-/m0/s1. The Morgan fingerprint density at radius 3 is 2.62 bits per heavy atom. The molecule has 0 aliphatic carbocycles. The molecule has 2 aromatic rings. The lowest BCUT2D eigenvalue weighted by molar-refractivity contribution is -0.137. The third-order valence-corrected chi connectivity index (χ3v) is 6.76. The highest BCUT2D eigenvalue weighted by atomic mass is 19.4. The largest absolute Gasteiger partial charge is 0.491 e. The van der Waals surface area contributed by atoms with E-state index in [1.54, 1.807) is 17.0 Å². The molecule has 3 heterocycles. The Balaban J connectivity index is 1.57. The van der Waals surface area contributed by atoms with Crippen LogP contribution in [-0.4, -0.2) is 48.9 Å². The molecule has 1 fully saturated rings. The van der Waals surface area contributed by atoms with Gasteiger partial charge >= 0.3 is 12.3 Å². The third-order valence-electron chi connectivity index (χ3n) is 6.76. The number of piperidine rings is 1. The number of ether oxygens (including phenoxy) is 2. The van der Waals surface area contributed by atoms with Crippen molar-refractivity contribution in [1.29, 1.82) is 0 Å². The highest BCUT2D eigenvalue weighted by Crippen LogP contribution is 2.52. The molecule has 0 unspecified atom stereocenters. The number of likely N-dealkylation sites (tertiary alicyclic amines) is 1. The summed E-state index contributed by atoms with van der Waals surface area (Å²) in [5.41, 5.74) is 1.28. The Morgan fingerprint density at radius 1 is 1.12 bits per heavy atom. The van der Waals surface area contributed by atoms with E-state index >= 15 is 0 Å². The van der Waals surface area contributed by atoms with Crippen molar-refractivity contribution in [3.8, 4) is 16.9 Å². The molecule has 0 aromatic heterocycles. The Hall–Kier alpha value is -2.90. The van der Waals surface area contributed by atoms with Crippen LogP contribution in [0.2, 0.25) is 0 Å². The Bertz CT molecular complexity index is 1110. The van der Waals surface area contributed by atoms with E-state index in [1.807, 2.05) is 26.8 Å². The van der Waals surface area contributed by atoms with Crippen molar-refractivity contribution in [2.75, 3.05) is 31.1 Å². The van der Waals surface area contributed by atoms with Crippen LogP contribution < -0.4 is 9.64 Å². The lowest BCUT2D eigenvalue weighted by Crippen LogP contribution is -2.49. The van der Waals surface area contributed by atoms with Gasteiger partial charge in [0.15, 0.2) is 0 Å². The number of alkyl halides is 3. The zero-order valence-electron chi connectivity index (χ0n) is 19.6. The van der Waals surface area contributed by atoms with E-state index in [-0.39, 0.29) is 23.6 Å². The zero-order valence-corrected chi connectivity index (χ0v) is 19.6. The minimum atomic E-state index is -4.46. The van der Waals surface area contributed by atoms with E-state index in [2.05, 4.69) is 4.90 Å². The summed E-state index contributed by atoms with van der Waals surface area (Å²) in [6.07, 6.45) is -3.21. The topological polar surface area (TPSA) is 42.0 Å². The van der Waals surface area contributed by atoms with Gasteiger partial charge in [-0.15, -0.1) is 0 Å². The number of nitrogens with zero attached hydrogens (tertiary/aromatic N) is 2. The second-order valence-corrected chi connectivity index (χ2v) is 10.2. The first-order chi connectivity index (χ1) is 16.0. The van der Waals surface area contributed by atoms with Crippen molar-refractivity contribution in [2.45, 2.75) is 57.3 Å². The molecule has 34 heavy (non-hydrogen) atoms. The first kappa shape index (κ1) is 22.9. The summed E-state index contributed by atoms with van der Waals surface area (Å²) in [5.74, 6) is 0.606. The Labute approximate surface area is 197 Å². The molecule has 182 valence electrons. The lowest BCUT2D eigenvalue weighted by atomic mass is 9.87. The quantitative estimate of drug-likeness (QED) is 0.503. The number of anilines is 1. The zero-order chi connectivity index (χ0) is 24.3. The minimum absolute atomic E-state index is 0.0188. The van der Waals surface area contributed by atoms with Crippen LogP contribution >= 0.6 is 0 Å². The molecule has 3 aliphatic heterocycles. The summed E-state index contributed by atoms with van der Waals surface area (Å²) >= 11 is 0. The minimum Gasteiger partial charge on any atom is -0.491 e. The second kappa shape index (κ2) is 8.10. The summed E-state index contributed by atoms with van der Waals surface area (Å²) in [5, 5.41) is 0. The van der Waals surface area contributed by atoms with Gasteiger partial charge in [0.2, 0.25) is 0 Å². The van der Waals surface area contributed by atoms with Crippen LogP contribution in [0.25, 0.3) is 11.1 Å². The Kier molecular flexibility index (Phi) is 5.45. The van der Waals surface area contributed by atoms with Gasteiger partial charge in [0.1, 0.15) is 11.4 Å². The van der Waals surface area contributed by atoms with Crippen LogP contribution in [0.3, 0.4) is 0 Å². The fourth-order valence-electron chi connectivity index (χ4n) is 5.44. The van der Waals surface area contributed by atoms with E-state index < -0.39 is 17.3 Å². The molecule has 0 saturated carbocycles. The lowest BCUT2D eigenvalue weighted by Gasteiger charge is -2.39. The van der Waals surface area contributed by atoms with Gasteiger partial charge in [-0.1, -0.05) is 18.2 Å². The van der Waals surface area contributed by atoms with Crippen molar-refractivity contribution in [3.05, 3.63) is 47.5 Å². The van der Waals surface area contributed by atoms with Crippen LogP contribution in [0.4, 0.5) is 23.7 Å². The molecular formula is C26H29F3N2O3. The van der Waals surface area contributed by atoms with Crippen LogP contribution in [0.1, 0.15) is 50.7 Å². The van der Waals surface area contributed by atoms with E-state index in [0.717, 1.165) is 36.7 Å². The van der Waals surface area contributed by atoms with Crippen molar-refractivity contribution >= 4 is 11.8 Å². The smallest absolute Gasteiger partial charge is 0.417 e. The average Bonchev–Trinajstić information content (AvgIpc) is 2.92. The maximum Gasteiger partial charge on any atom is 0.417 e. The highest BCUT2D eigenvalue weighted by molar-refractivity contribution is 5.80. The van der Waals surface area contributed by atoms with Gasteiger partial charge in [-0.3, -0.25) is 0 Å². The molecule has 0 N–H and O–H groups in total. The molecule has 0 spiro atoms. The summed E-state index contributed by atoms with van der Waals surface area (Å²) in [6, 6.07) is 9.44. The number of carbonyl (C=O) groups is 1. The average molecular weight is 475 g/mol. The van der Waals surface area contributed by atoms with Gasteiger partial charge in [-0.2, -0.15) is 13.2 Å². The molecule has 0 radical (unpaired) electrons. The van der Waals surface area contributed by atoms with E-state index in [1.165, 1.54) is 12.1 Å². The number of fused-ring (bicyclic) bond motifs is 3. The Morgan fingerprint density at radius 2 is 1.88 bits per heavy atom. The number of halogens is 3. The van der Waals surface area contributed by atoms with Crippen molar-refractivity contribution in [2.24, 2.45) is 0 Å². The molecular weight excluding hydrogens is 445 g/mol. The van der Waals surface area contributed by atoms with Crippen LogP contribution in [-0.2, 0) is 10.9 Å². The van der Waals surface area contributed by atoms with E-state index in [0.29, 0.717) is 31.0 Å². The van der Waals surface area contributed by atoms with Gasteiger partial charge in [-0.05, 0) is 68.5 Å². The fourth-order valence-corrected chi connectivity index (χ4v) is 5.44. The molecule has 5 nitrogen and oxygen atoms in total. The van der Waals surface area contributed by atoms with Gasteiger partial charge in [0.05, 0.1) is 17.9 Å². The molecule has 1 amide bonds. The van der Waals surface area contributed by atoms with Crippen LogP contribution in [0.5, 0.6) is 5.75 Å². The molecule has 2 aromatic carbocycles. The second-order valence-electron chi connectivity index (χ2n) is 10.2. The summed E-state index contributed by atoms with van der Waals surface area (Å²) in [7, 11) is 0. The van der Waals surface area contributed by atoms with Crippen LogP contribution in [0.15, 0.2) is 36.4 Å². The normalized spacial score (nSPS) is 21.9. The van der Waals surface area contributed by atoms with Gasteiger partial charge in [0.25, 0.3) is 0 Å². The van der Waals surface area contributed by atoms with Crippen molar-refractivity contribution in [3.63, 3.8) is 0 Å². The SMILES string of the molecule is CC(C)(C)OC(=O)N1CC[C@H]2[C@@H](C1)c1cc(-c3ccccc3C(F)(F)F)cc3c1N2CCCO3. The highest BCUT2D eigenvalue weighted by Gasteiger charge is 2.46. The number of hydrogen-bond acceptors (Lipinski definition) is 4. The number of hydrogen-bond donors (Lipinski definition) is 0. The van der Waals surface area contributed by atoms with Crippen LogP contribution in [0, 0.1) is 0 Å². The summed E-state index contributed by atoms with van der Waals surface area (Å²) in [6.45, 7) is 7.91. The molecule has 1 saturated heterocycles. The van der Waals surface area contributed by atoms with Gasteiger partial charge in [0, 0.05) is 31.6 Å². The number of amides is 1. The van der Waals surface area contributed by atoms with E-state index in [4.69, 9.17) is 9.47 Å². The number of benzene rings is 2. The molecule has 0 bridgehead atoms. The fraction of sp³-hybridized carbons (Fsp3) is 0.500. The predicted molar refractivity (Wildman–Crippen MR) is 123 cm³/mol. The maximum absolute atomic E-state index is 13.8. The van der Waals surface area contributed by atoms with Gasteiger partial charge < -0.3 is 19.3 Å². The first-order valence-electron chi connectivity index (χ1n) is 11.7.